The van der Waals surface area contributed by atoms with Crippen molar-refractivity contribution in [3.63, 3.8) is 0 Å². The maximum atomic E-state index is 4.92. The third kappa shape index (κ3) is 5.96. The first-order valence-corrected chi connectivity index (χ1v) is 11.1. The lowest BCUT2D eigenvalue weighted by atomic mass is 10.1. The van der Waals surface area contributed by atoms with Crippen molar-refractivity contribution >= 4 is 23.3 Å². The van der Waals surface area contributed by atoms with Gasteiger partial charge in [-0.25, -0.2) is 5.01 Å². The van der Waals surface area contributed by atoms with Crippen molar-refractivity contribution in [3.8, 4) is 0 Å². The van der Waals surface area contributed by atoms with Gasteiger partial charge in [-0.3, -0.25) is 0 Å². The molecule has 3 nitrogen and oxygen atoms in total. The van der Waals surface area contributed by atoms with Gasteiger partial charge in [0.05, 0.1) is 17.6 Å². The molecule has 0 aromatic heterocycles. The number of anilines is 3. The van der Waals surface area contributed by atoms with Crippen molar-refractivity contribution < 1.29 is 0 Å². The molecule has 3 rings (SSSR count). The van der Waals surface area contributed by atoms with Gasteiger partial charge in [0.25, 0.3) is 0 Å². The maximum absolute atomic E-state index is 4.92. The molecule has 0 atom stereocenters. The topological polar surface area (TPSA) is 18.8 Å². The molecule has 0 spiro atoms. The highest BCUT2D eigenvalue weighted by atomic mass is 15.5. The summed E-state index contributed by atoms with van der Waals surface area (Å²) < 4.78 is 0. The van der Waals surface area contributed by atoms with Crippen LogP contribution in [-0.4, -0.2) is 19.3 Å². The molecule has 0 aliphatic carbocycles. The number of hydrazone groups is 1. The molecule has 0 saturated heterocycles. The molecule has 0 saturated carbocycles. The zero-order valence-corrected chi connectivity index (χ0v) is 18.2. The molecule has 156 valence electrons. The summed E-state index contributed by atoms with van der Waals surface area (Å²) in [7, 11) is 0. The van der Waals surface area contributed by atoms with E-state index in [1.165, 1.54) is 31.4 Å². The van der Waals surface area contributed by atoms with E-state index in [0.29, 0.717) is 0 Å². The van der Waals surface area contributed by atoms with Gasteiger partial charge in [0, 0.05) is 24.3 Å². The van der Waals surface area contributed by atoms with Gasteiger partial charge in [0.2, 0.25) is 0 Å². The van der Waals surface area contributed by atoms with Crippen molar-refractivity contribution in [1.82, 2.24) is 0 Å². The number of unbranched alkanes of at least 4 members (excludes halogenated alkanes) is 2. The van der Waals surface area contributed by atoms with Crippen LogP contribution in [-0.2, 0) is 0 Å². The summed E-state index contributed by atoms with van der Waals surface area (Å²) in [6.07, 6.45) is 6.81. The first kappa shape index (κ1) is 21.6. The SMILES string of the molecule is CCCCN(CCCC)c1ccccc1C=NN(c1ccccc1)c1ccccc1. The van der Waals surface area contributed by atoms with E-state index in [1.54, 1.807) is 0 Å². The fourth-order valence-corrected chi connectivity index (χ4v) is 3.48. The molecule has 0 aliphatic rings. The minimum atomic E-state index is 1.05. The number of benzene rings is 3. The lowest BCUT2D eigenvalue weighted by molar-refractivity contribution is 0.678. The van der Waals surface area contributed by atoms with E-state index in [1.807, 2.05) is 47.6 Å². The molecule has 0 bridgehead atoms. The van der Waals surface area contributed by atoms with Gasteiger partial charge in [0.15, 0.2) is 0 Å². The highest BCUT2D eigenvalue weighted by Crippen LogP contribution is 2.26. The smallest absolute Gasteiger partial charge is 0.0652 e. The number of hydrogen-bond donors (Lipinski definition) is 0. The number of hydrogen-bond acceptors (Lipinski definition) is 3. The summed E-state index contributed by atoms with van der Waals surface area (Å²) in [6, 6.07) is 29.2. The first-order valence-electron chi connectivity index (χ1n) is 11.1. The lowest BCUT2D eigenvalue weighted by Gasteiger charge is -2.26. The Morgan fingerprint density at radius 2 is 1.17 bits per heavy atom. The lowest BCUT2D eigenvalue weighted by Crippen LogP contribution is -2.26. The standard InChI is InChI=1S/C27H33N3/c1-3-5-21-29(22-6-4-2)27-20-14-13-15-24(27)23-28-30(25-16-9-7-10-17-25)26-18-11-8-12-19-26/h7-20,23H,3-6,21-22H2,1-2H3. The molecule has 0 aliphatic heterocycles. The second kappa shape index (κ2) is 11.8. The largest absolute Gasteiger partial charge is 0.371 e. The Balaban J connectivity index is 1.93. The summed E-state index contributed by atoms with van der Waals surface area (Å²) >= 11 is 0. The van der Waals surface area contributed by atoms with Gasteiger partial charge < -0.3 is 4.90 Å². The van der Waals surface area contributed by atoms with E-state index in [-0.39, 0.29) is 0 Å². The maximum Gasteiger partial charge on any atom is 0.0652 e. The van der Waals surface area contributed by atoms with Gasteiger partial charge in [-0.05, 0) is 43.2 Å². The van der Waals surface area contributed by atoms with Crippen LogP contribution in [0, 0.1) is 0 Å². The fraction of sp³-hybridized carbons (Fsp3) is 0.296. The van der Waals surface area contributed by atoms with Crippen LogP contribution in [0.25, 0.3) is 0 Å². The second-order valence-corrected chi connectivity index (χ2v) is 7.48. The molecule has 0 radical (unpaired) electrons. The van der Waals surface area contributed by atoms with Gasteiger partial charge >= 0.3 is 0 Å². The van der Waals surface area contributed by atoms with E-state index < -0.39 is 0 Å². The summed E-state index contributed by atoms with van der Waals surface area (Å²) in [5, 5.41) is 6.92. The van der Waals surface area contributed by atoms with Crippen LogP contribution in [0.1, 0.15) is 45.1 Å². The third-order valence-corrected chi connectivity index (χ3v) is 5.15. The van der Waals surface area contributed by atoms with Gasteiger partial charge in [0.1, 0.15) is 0 Å². The summed E-state index contributed by atoms with van der Waals surface area (Å²) in [4.78, 5) is 2.52. The Morgan fingerprint density at radius 1 is 0.667 bits per heavy atom. The van der Waals surface area contributed by atoms with Crippen molar-refractivity contribution in [3.05, 3.63) is 90.5 Å². The molecule has 0 N–H and O–H groups in total. The normalized spacial score (nSPS) is 11.0. The molecule has 0 fully saturated rings. The molecule has 3 aromatic carbocycles. The fourth-order valence-electron chi connectivity index (χ4n) is 3.48. The van der Waals surface area contributed by atoms with Crippen molar-refractivity contribution in [2.45, 2.75) is 39.5 Å². The summed E-state index contributed by atoms with van der Waals surface area (Å²) in [6.45, 7) is 6.68. The third-order valence-electron chi connectivity index (χ3n) is 5.15. The summed E-state index contributed by atoms with van der Waals surface area (Å²) in [5.41, 5.74) is 4.52. The molecule has 3 heteroatoms. The van der Waals surface area contributed by atoms with Crippen molar-refractivity contribution in [1.29, 1.82) is 0 Å². The van der Waals surface area contributed by atoms with Crippen LogP contribution in [0.2, 0.25) is 0 Å². The predicted octanol–water partition coefficient (Wildman–Crippen LogP) is 7.27. The number of rotatable bonds is 11. The Morgan fingerprint density at radius 3 is 1.70 bits per heavy atom. The van der Waals surface area contributed by atoms with E-state index in [0.717, 1.165) is 30.0 Å². The zero-order chi connectivity index (χ0) is 21.0. The van der Waals surface area contributed by atoms with Crippen molar-refractivity contribution in [2.24, 2.45) is 5.10 Å². The van der Waals surface area contributed by atoms with Gasteiger partial charge in [-0.15, -0.1) is 0 Å². The van der Waals surface area contributed by atoms with Gasteiger partial charge in [-0.1, -0.05) is 81.3 Å². The van der Waals surface area contributed by atoms with Crippen LogP contribution < -0.4 is 9.91 Å². The van der Waals surface area contributed by atoms with E-state index in [4.69, 9.17) is 5.10 Å². The molecular formula is C27H33N3. The predicted molar refractivity (Wildman–Crippen MR) is 131 cm³/mol. The Labute approximate surface area is 181 Å². The molecular weight excluding hydrogens is 366 g/mol. The molecule has 0 heterocycles. The molecule has 30 heavy (non-hydrogen) atoms. The van der Waals surface area contributed by atoms with Crippen LogP contribution in [0.4, 0.5) is 17.1 Å². The zero-order valence-electron chi connectivity index (χ0n) is 18.2. The highest BCUT2D eigenvalue weighted by Gasteiger charge is 2.11. The second-order valence-electron chi connectivity index (χ2n) is 7.48. The molecule has 0 amide bonds. The minimum Gasteiger partial charge on any atom is -0.371 e. The van der Waals surface area contributed by atoms with Crippen LogP contribution in [0.5, 0.6) is 0 Å². The van der Waals surface area contributed by atoms with E-state index >= 15 is 0 Å². The van der Waals surface area contributed by atoms with E-state index in [2.05, 4.69) is 67.3 Å². The van der Waals surface area contributed by atoms with Crippen LogP contribution >= 0.6 is 0 Å². The van der Waals surface area contributed by atoms with Gasteiger partial charge in [-0.2, -0.15) is 5.10 Å². The average molecular weight is 400 g/mol. The average Bonchev–Trinajstić information content (AvgIpc) is 2.81. The Hall–Kier alpha value is -3.07. The number of nitrogens with zero attached hydrogens (tertiary/aromatic N) is 3. The first-order chi connectivity index (χ1) is 14.8. The molecule has 0 unspecified atom stereocenters. The van der Waals surface area contributed by atoms with E-state index in [9.17, 15) is 0 Å². The quantitative estimate of drug-likeness (QED) is 0.249. The minimum absolute atomic E-state index is 1.05. The monoisotopic (exact) mass is 399 g/mol. The number of para-hydroxylation sites is 3. The molecule has 3 aromatic rings. The Kier molecular flexibility index (Phi) is 8.52. The Bertz CT molecular complexity index is 843. The highest BCUT2D eigenvalue weighted by molar-refractivity contribution is 5.89. The van der Waals surface area contributed by atoms with Crippen LogP contribution in [0.3, 0.4) is 0 Å². The van der Waals surface area contributed by atoms with Crippen molar-refractivity contribution in [2.75, 3.05) is 23.0 Å². The summed E-state index contributed by atoms with van der Waals surface area (Å²) in [5.74, 6) is 0. The van der Waals surface area contributed by atoms with Crippen LogP contribution in [0.15, 0.2) is 90.0 Å².